The molecular weight excluding hydrogens is 345 g/mol. The molecule has 1 aromatic rings. The fourth-order valence-corrected chi connectivity index (χ4v) is 2.93. The van der Waals surface area contributed by atoms with Gasteiger partial charge in [0.25, 0.3) is 14.7 Å². The first-order valence-electron chi connectivity index (χ1n) is 4.38. The molecule has 0 amide bonds. The average Bonchev–Trinajstić information content (AvgIpc) is 2.24. The molecule has 0 saturated heterocycles. The van der Waals surface area contributed by atoms with Gasteiger partial charge in [-0.25, -0.2) is 8.42 Å². The van der Waals surface area contributed by atoms with Gasteiger partial charge in [0.1, 0.15) is 16.5 Å². The second-order valence-electron chi connectivity index (χ2n) is 3.17. The highest BCUT2D eigenvalue weighted by molar-refractivity contribution is 8.13. The number of nitro groups is 1. The van der Waals surface area contributed by atoms with Crippen molar-refractivity contribution >= 4 is 37.2 Å². The van der Waals surface area contributed by atoms with Crippen molar-refractivity contribution in [2.45, 2.75) is 15.3 Å². The molecule has 0 atom stereocenters. The molecule has 20 heavy (non-hydrogen) atoms. The van der Waals surface area contributed by atoms with Gasteiger partial charge in [-0.05, 0) is 17.8 Å². The van der Waals surface area contributed by atoms with Gasteiger partial charge in [0, 0.05) is 21.6 Å². The van der Waals surface area contributed by atoms with E-state index in [0.29, 0.717) is 12.1 Å². The number of nitriles is 1. The van der Waals surface area contributed by atoms with Crippen molar-refractivity contribution in [1.82, 2.24) is 0 Å². The first kappa shape index (κ1) is 16.5. The van der Waals surface area contributed by atoms with Crippen molar-refractivity contribution in [2.75, 3.05) is 0 Å². The molecule has 0 fully saturated rings. The zero-order valence-electron chi connectivity index (χ0n) is 9.01. The van der Waals surface area contributed by atoms with Crippen molar-refractivity contribution in [3.8, 4) is 6.07 Å². The van der Waals surface area contributed by atoms with E-state index in [0.717, 1.165) is 0 Å². The van der Waals surface area contributed by atoms with Gasteiger partial charge in [-0.1, -0.05) is 0 Å². The SMILES string of the molecule is N#Cc1c([N+](=O)[O-])cc(SC(F)(F)F)cc1S(=O)(=O)Cl. The van der Waals surface area contributed by atoms with E-state index in [2.05, 4.69) is 0 Å². The first-order valence-corrected chi connectivity index (χ1v) is 7.51. The highest BCUT2D eigenvalue weighted by Crippen LogP contribution is 2.41. The van der Waals surface area contributed by atoms with Crippen molar-refractivity contribution < 1.29 is 26.5 Å². The lowest BCUT2D eigenvalue weighted by atomic mass is 10.2. The van der Waals surface area contributed by atoms with Crippen molar-refractivity contribution in [3.05, 3.63) is 27.8 Å². The van der Waals surface area contributed by atoms with E-state index in [1.54, 1.807) is 0 Å². The third-order valence-corrected chi connectivity index (χ3v) is 3.91. The van der Waals surface area contributed by atoms with Crippen LogP contribution in [0, 0.1) is 21.4 Å². The van der Waals surface area contributed by atoms with E-state index < -0.39 is 52.3 Å². The molecule has 0 bridgehead atoms. The first-order chi connectivity index (χ1) is 8.95. The summed E-state index contributed by atoms with van der Waals surface area (Å²) in [6.07, 6.45) is 0. The largest absolute Gasteiger partial charge is 0.446 e. The highest BCUT2D eigenvalue weighted by Gasteiger charge is 2.33. The Morgan fingerprint density at radius 3 is 2.30 bits per heavy atom. The van der Waals surface area contributed by atoms with Crippen molar-refractivity contribution in [1.29, 1.82) is 5.26 Å². The van der Waals surface area contributed by atoms with Gasteiger partial charge in [-0.2, -0.15) is 18.4 Å². The molecule has 0 aliphatic heterocycles. The van der Waals surface area contributed by atoms with Crippen LogP contribution in [0.15, 0.2) is 21.9 Å². The maximum Gasteiger partial charge on any atom is 0.446 e. The maximum absolute atomic E-state index is 12.2. The smallest absolute Gasteiger partial charge is 0.258 e. The Kier molecular flexibility index (Phi) is 4.52. The Labute approximate surface area is 118 Å². The summed E-state index contributed by atoms with van der Waals surface area (Å²) in [5.41, 5.74) is -6.77. The molecule has 0 spiro atoms. The number of hydrogen-bond acceptors (Lipinski definition) is 6. The minimum atomic E-state index is -4.78. The van der Waals surface area contributed by atoms with Gasteiger partial charge >= 0.3 is 5.51 Å². The number of nitro benzene ring substituents is 1. The van der Waals surface area contributed by atoms with Gasteiger partial charge in [-0.15, -0.1) is 0 Å². The number of benzene rings is 1. The van der Waals surface area contributed by atoms with Crippen LogP contribution >= 0.6 is 22.4 Å². The monoisotopic (exact) mass is 346 g/mol. The molecule has 0 heterocycles. The van der Waals surface area contributed by atoms with Crippen LogP contribution in [0.25, 0.3) is 0 Å². The molecule has 12 heteroatoms. The van der Waals surface area contributed by atoms with Gasteiger partial charge in [-0.3, -0.25) is 10.1 Å². The Bertz CT molecular complexity index is 712. The van der Waals surface area contributed by atoms with Crippen molar-refractivity contribution in [3.63, 3.8) is 0 Å². The van der Waals surface area contributed by atoms with E-state index in [4.69, 9.17) is 15.9 Å². The topological polar surface area (TPSA) is 101 Å². The van der Waals surface area contributed by atoms with Crippen molar-refractivity contribution in [2.24, 2.45) is 0 Å². The number of alkyl halides is 3. The second kappa shape index (κ2) is 5.47. The molecule has 0 aromatic heterocycles. The lowest BCUT2D eigenvalue weighted by molar-refractivity contribution is -0.385. The standard InChI is InChI=1S/C8H2ClF3N2O4S2/c9-20(17,18)7-2-4(19-8(10,11)12)1-6(14(15)16)5(7)3-13/h1-2H. The summed E-state index contributed by atoms with van der Waals surface area (Å²) in [4.78, 5) is 7.74. The lowest BCUT2D eigenvalue weighted by Gasteiger charge is -2.08. The molecule has 0 aliphatic carbocycles. The summed E-state index contributed by atoms with van der Waals surface area (Å²) >= 11 is -0.755. The van der Waals surface area contributed by atoms with Crippen LogP contribution in [0.3, 0.4) is 0 Å². The highest BCUT2D eigenvalue weighted by atomic mass is 35.7. The summed E-state index contributed by atoms with van der Waals surface area (Å²) in [5, 5.41) is 19.4. The van der Waals surface area contributed by atoms with E-state index in [1.807, 2.05) is 0 Å². The van der Waals surface area contributed by atoms with Crippen LogP contribution in [-0.4, -0.2) is 18.8 Å². The van der Waals surface area contributed by atoms with Crippen LogP contribution < -0.4 is 0 Å². The number of hydrogen-bond donors (Lipinski definition) is 0. The molecule has 0 aliphatic rings. The molecule has 0 radical (unpaired) electrons. The molecule has 1 rings (SSSR count). The molecule has 1 aromatic carbocycles. The zero-order chi connectivity index (χ0) is 15.7. The third-order valence-electron chi connectivity index (χ3n) is 1.86. The number of thioether (sulfide) groups is 1. The molecule has 0 N–H and O–H groups in total. The van der Waals surface area contributed by atoms with Gasteiger partial charge in [0.2, 0.25) is 0 Å². The predicted molar refractivity (Wildman–Crippen MR) is 62.8 cm³/mol. The number of rotatable bonds is 3. The van der Waals surface area contributed by atoms with Gasteiger partial charge in [0.15, 0.2) is 0 Å². The lowest BCUT2D eigenvalue weighted by Crippen LogP contribution is -2.04. The Morgan fingerprint density at radius 2 is 1.95 bits per heavy atom. The summed E-state index contributed by atoms with van der Waals surface area (Å²) in [5.74, 6) is 0. The van der Waals surface area contributed by atoms with E-state index in [-0.39, 0.29) is 0 Å². The van der Waals surface area contributed by atoms with Crippen LogP contribution in [0.2, 0.25) is 0 Å². The van der Waals surface area contributed by atoms with E-state index in [1.165, 1.54) is 6.07 Å². The fraction of sp³-hybridized carbons (Fsp3) is 0.125. The summed E-state index contributed by atoms with van der Waals surface area (Å²) < 4.78 is 59.1. The minimum absolute atomic E-state index is 0.461. The number of halogens is 4. The Hall–Kier alpha value is -1.51. The summed E-state index contributed by atoms with van der Waals surface area (Å²) in [7, 11) is 0.355. The molecule has 108 valence electrons. The Balaban J connectivity index is 3.67. The normalized spacial score (nSPS) is 11.9. The number of nitrogens with zero attached hydrogens (tertiary/aromatic N) is 2. The quantitative estimate of drug-likeness (QED) is 0.361. The zero-order valence-corrected chi connectivity index (χ0v) is 11.4. The second-order valence-corrected chi connectivity index (χ2v) is 6.84. The van der Waals surface area contributed by atoms with Gasteiger partial charge < -0.3 is 0 Å². The molecule has 0 saturated carbocycles. The van der Waals surface area contributed by atoms with Crippen LogP contribution in [0.4, 0.5) is 18.9 Å². The Morgan fingerprint density at radius 1 is 1.40 bits per heavy atom. The van der Waals surface area contributed by atoms with Gasteiger partial charge in [0.05, 0.1) is 4.92 Å². The van der Waals surface area contributed by atoms with E-state index >= 15 is 0 Å². The summed E-state index contributed by atoms with van der Waals surface area (Å²) in [6.45, 7) is 0. The molecule has 6 nitrogen and oxygen atoms in total. The third kappa shape index (κ3) is 3.99. The van der Waals surface area contributed by atoms with Crippen LogP contribution in [0.5, 0.6) is 0 Å². The predicted octanol–water partition coefficient (Wildman–Crippen LogP) is 3.01. The molecular formula is C8H2ClF3N2O4S2. The van der Waals surface area contributed by atoms with E-state index in [9.17, 15) is 31.7 Å². The minimum Gasteiger partial charge on any atom is -0.258 e. The fourth-order valence-electron chi connectivity index (χ4n) is 1.22. The average molecular weight is 347 g/mol. The van der Waals surface area contributed by atoms with Crippen LogP contribution in [0.1, 0.15) is 5.56 Å². The van der Waals surface area contributed by atoms with Crippen LogP contribution in [-0.2, 0) is 9.05 Å². The maximum atomic E-state index is 12.2. The molecule has 0 unspecified atom stereocenters. The summed E-state index contributed by atoms with van der Waals surface area (Å²) in [6, 6.07) is 2.17.